The first-order valence-corrected chi connectivity index (χ1v) is 12.2. The normalized spacial score (nSPS) is 21.5. The maximum atomic E-state index is 11.8. The van der Waals surface area contributed by atoms with E-state index in [0.717, 1.165) is 25.1 Å². The van der Waals surface area contributed by atoms with E-state index in [1.54, 1.807) is 0 Å². The number of carbonyl (C=O) groups is 1. The van der Waals surface area contributed by atoms with Crippen LogP contribution in [0.2, 0.25) is 0 Å². The number of nitrogens with one attached hydrogen (secondary N) is 1. The van der Waals surface area contributed by atoms with E-state index in [9.17, 15) is 9.90 Å². The van der Waals surface area contributed by atoms with Crippen LogP contribution < -0.4 is 10.1 Å². The number of carbonyl (C=O) groups excluding carboxylic acids is 1. The lowest BCUT2D eigenvalue weighted by atomic mass is 9.85. The highest BCUT2D eigenvalue weighted by molar-refractivity contribution is 5.71. The molecule has 2 unspecified atom stereocenters. The molecule has 178 valence electrons. The van der Waals surface area contributed by atoms with Gasteiger partial charge in [-0.15, -0.1) is 0 Å². The molecule has 0 saturated carbocycles. The van der Waals surface area contributed by atoms with Gasteiger partial charge < -0.3 is 19.9 Å². The van der Waals surface area contributed by atoms with Gasteiger partial charge in [0.25, 0.3) is 0 Å². The average molecular weight is 452 g/mol. The van der Waals surface area contributed by atoms with Crippen molar-refractivity contribution in [1.29, 1.82) is 0 Å². The van der Waals surface area contributed by atoms with E-state index in [4.69, 9.17) is 9.47 Å². The summed E-state index contributed by atoms with van der Waals surface area (Å²) in [6, 6.07) is 10.5. The van der Waals surface area contributed by atoms with Crippen LogP contribution in [0.15, 0.2) is 30.3 Å². The largest absolute Gasteiger partial charge is 0.487 e. The molecule has 2 N–H and O–H groups in total. The highest BCUT2D eigenvalue weighted by Crippen LogP contribution is 2.47. The predicted molar refractivity (Wildman–Crippen MR) is 131 cm³/mol. The van der Waals surface area contributed by atoms with Crippen molar-refractivity contribution in [2.75, 3.05) is 5.32 Å². The quantitative estimate of drug-likeness (QED) is 0.549. The maximum absolute atomic E-state index is 11.8. The number of fused-ring (bicyclic) bond motifs is 1. The van der Waals surface area contributed by atoms with Crippen LogP contribution in [-0.2, 0) is 28.9 Å². The van der Waals surface area contributed by atoms with Crippen LogP contribution in [0.25, 0.3) is 0 Å². The summed E-state index contributed by atoms with van der Waals surface area (Å²) in [4.78, 5) is 11.8. The van der Waals surface area contributed by atoms with E-state index in [1.807, 2.05) is 6.07 Å². The van der Waals surface area contributed by atoms with Crippen molar-refractivity contribution in [3.63, 3.8) is 0 Å². The highest BCUT2D eigenvalue weighted by Gasteiger charge is 2.37. The molecule has 0 radical (unpaired) electrons. The van der Waals surface area contributed by atoms with Crippen molar-refractivity contribution in [1.82, 2.24) is 0 Å². The van der Waals surface area contributed by atoms with E-state index < -0.39 is 6.10 Å². The molecule has 2 heterocycles. The summed E-state index contributed by atoms with van der Waals surface area (Å²) in [6.45, 7) is 11.7. The smallest absolute Gasteiger partial charge is 0.308 e. The van der Waals surface area contributed by atoms with Gasteiger partial charge in [-0.2, -0.15) is 0 Å². The van der Waals surface area contributed by atoms with Crippen molar-refractivity contribution in [3.05, 3.63) is 58.1 Å². The van der Waals surface area contributed by atoms with Crippen molar-refractivity contribution < 1.29 is 19.4 Å². The number of rotatable bonds is 7. The predicted octanol–water partition coefficient (Wildman–Crippen LogP) is 5.44. The number of ether oxygens (including phenoxy) is 2. The zero-order valence-electron chi connectivity index (χ0n) is 20.5. The van der Waals surface area contributed by atoms with Gasteiger partial charge in [0.2, 0.25) is 0 Å². The lowest BCUT2D eigenvalue weighted by Crippen LogP contribution is -2.33. The minimum absolute atomic E-state index is 0.0958. The van der Waals surface area contributed by atoms with Crippen molar-refractivity contribution >= 4 is 11.7 Å². The Balaban J connectivity index is 1.70. The molecule has 0 amide bonds. The number of cyclic esters (lactones) is 1. The van der Waals surface area contributed by atoms with Crippen LogP contribution in [0.5, 0.6) is 5.75 Å². The number of esters is 1. The fraction of sp³-hybridized carbons (Fsp3) is 0.536. The Labute approximate surface area is 197 Å². The monoisotopic (exact) mass is 451 g/mol. The van der Waals surface area contributed by atoms with Crippen LogP contribution in [0.3, 0.4) is 0 Å². The molecule has 2 aromatic carbocycles. The molecule has 4 rings (SSSR count). The molecule has 0 aliphatic carbocycles. The number of aliphatic hydroxyl groups excluding tert-OH is 1. The second-order valence-corrected chi connectivity index (χ2v) is 10.5. The lowest BCUT2D eigenvalue weighted by molar-refractivity contribution is -0.160. The van der Waals surface area contributed by atoms with Gasteiger partial charge >= 0.3 is 5.97 Å². The van der Waals surface area contributed by atoms with Gasteiger partial charge in [-0.25, -0.2) is 0 Å². The summed E-state index contributed by atoms with van der Waals surface area (Å²) in [5.74, 6) is 1.00. The first-order chi connectivity index (χ1) is 15.6. The summed E-state index contributed by atoms with van der Waals surface area (Å²) in [7, 11) is 0. The third-order valence-electron chi connectivity index (χ3n) is 6.79. The van der Waals surface area contributed by atoms with E-state index in [-0.39, 0.29) is 24.1 Å². The van der Waals surface area contributed by atoms with Gasteiger partial charge in [0.05, 0.1) is 12.5 Å². The fourth-order valence-corrected chi connectivity index (χ4v) is 5.30. The minimum atomic E-state index is -0.608. The standard InChI is InChI=1S/C28H37NO4/c1-17(2)25-22(12-11-21-13-20(30)14-24(31)32-21)27-23(15-28(4,5)33-27)18(3)26(25)29-16-19-9-7-6-8-10-19/h6-10,17,20-21,29-30H,11-16H2,1-5H3. The molecule has 2 aliphatic rings. The zero-order valence-corrected chi connectivity index (χ0v) is 20.5. The molecule has 2 atom stereocenters. The van der Waals surface area contributed by atoms with Crippen LogP contribution >= 0.6 is 0 Å². The molecule has 0 spiro atoms. The third kappa shape index (κ3) is 5.19. The first-order valence-electron chi connectivity index (χ1n) is 12.2. The average Bonchev–Trinajstić information content (AvgIpc) is 3.07. The Morgan fingerprint density at radius 1 is 1.21 bits per heavy atom. The van der Waals surface area contributed by atoms with Gasteiger partial charge in [-0.1, -0.05) is 44.2 Å². The summed E-state index contributed by atoms with van der Waals surface area (Å²) in [5.41, 5.74) is 7.22. The summed E-state index contributed by atoms with van der Waals surface area (Å²) in [5, 5.41) is 13.8. The van der Waals surface area contributed by atoms with Crippen LogP contribution in [0.1, 0.15) is 80.7 Å². The van der Waals surface area contributed by atoms with E-state index in [1.165, 1.54) is 33.5 Å². The topological polar surface area (TPSA) is 67.8 Å². The summed E-state index contributed by atoms with van der Waals surface area (Å²) >= 11 is 0. The Bertz CT molecular complexity index is 1010. The summed E-state index contributed by atoms with van der Waals surface area (Å²) < 4.78 is 12.1. The van der Waals surface area contributed by atoms with Crippen molar-refractivity contribution in [2.45, 2.75) is 97.0 Å². The Morgan fingerprint density at radius 2 is 1.94 bits per heavy atom. The number of anilines is 1. The van der Waals surface area contributed by atoms with E-state index >= 15 is 0 Å². The van der Waals surface area contributed by atoms with Gasteiger partial charge in [0.1, 0.15) is 17.5 Å². The van der Waals surface area contributed by atoms with E-state index in [2.05, 4.69) is 64.2 Å². The van der Waals surface area contributed by atoms with Gasteiger partial charge in [0, 0.05) is 36.2 Å². The molecule has 1 fully saturated rings. The molecule has 1 saturated heterocycles. The molecule has 5 nitrogen and oxygen atoms in total. The van der Waals surface area contributed by atoms with Crippen molar-refractivity contribution in [2.24, 2.45) is 0 Å². The molecule has 5 heteroatoms. The molecule has 0 bridgehead atoms. The Morgan fingerprint density at radius 3 is 2.61 bits per heavy atom. The van der Waals surface area contributed by atoms with Crippen LogP contribution in [0, 0.1) is 6.92 Å². The van der Waals surface area contributed by atoms with Crippen LogP contribution in [-0.4, -0.2) is 28.9 Å². The molecule has 0 aromatic heterocycles. The highest BCUT2D eigenvalue weighted by atomic mass is 16.5. The Kier molecular flexibility index (Phi) is 6.71. The maximum Gasteiger partial charge on any atom is 0.308 e. The number of benzene rings is 2. The second kappa shape index (κ2) is 9.38. The summed E-state index contributed by atoms with van der Waals surface area (Å²) in [6.07, 6.45) is 2.03. The number of aliphatic hydroxyl groups is 1. The molecular formula is C28H37NO4. The third-order valence-corrected chi connectivity index (χ3v) is 6.79. The second-order valence-electron chi connectivity index (χ2n) is 10.5. The van der Waals surface area contributed by atoms with Gasteiger partial charge in [0.15, 0.2) is 0 Å². The number of hydrogen-bond donors (Lipinski definition) is 2. The van der Waals surface area contributed by atoms with E-state index in [0.29, 0.717) is 18.8 Å². The SMILES string of the molecule is Cc1c2c(c(CCC3CC(O)CC(=O)O3)c(C(C)C)c1NCc1ccccc1)OC(C)(C)C2. The number of hydrogen-bond acceptors (Lipinski definition) is 5. The fourth-order valence-electron chi connectivity index (χ4n) is 5.30. The Hall–Kier alpha value is -2.53. The minimum Gasteiger partial charge on any atom is -0.487 e. The van der Waals surface area contributed by atoms with Gasteiger partial charge in [-0.05, 0) is 56.2 Å². The first kappa shape index (κ1) is 23.6. The molecular weight excluding hydrogens is 414 g/mol. The van der Waals surface area contributed by atoms with Crippen LogP contribution in [0.4, 0.5) is 5.69 Å². The zero-order chi connectivity index (χ0) is 23.8. The molecule has 2 aliphatic heterocycles. The lowest BCUT2D eigenvalue weighted by Gasteiger charge is -2.28. The van der Waals surface area contributed by atoms with Gasteiger partial charge in [-0.3, -0.25) is 4.79 Å². The molecule has 33 heavy (non-hydrogen) atoms. The van der Waals surface area contributed by atoms with Crippen molar-refractivity contribution in [3.8, 4) is 5.75 Å². The molecule has 2 aromatic rings.